The van der Waals surface area contributed by atoms with Crippen LogP contribution in [0.3, 0.4) is 0 Å². The van der Waals surface area contributed by atoms with Crippen LogP contribution in [0, 0.1) is 0 Å². The molecule has 2 N–H and O–H groups in total. The van der Waals surface area contributed by atoms with Gasteiger partial charge in [-0.05, 0) is 25.0 Å². The Bertz CT molecular complexity index is 425. The molecule has 0 amide bonds. The van der Waals surface area contributed by atoms with Gasteiger partial charge in [-0.1, -0.05) is 13.3 Å². The van der Waals surface area contributed by atoms with Gasteiger partial charge in [0.05, 0.1) is 5.56 Å². The van der Waals surface area contributed by atoms with E-state index in [1.165, 1.54) is 12.1 Å². The van der Waals surface area contributed by atoms with Crippen molar-refractivity contribution in [2.45, 2.75) is 32.3 Å². The molecule has 0 radical (unpaired) electrons. The van der Waals surface area contributed by atoms with Crippen molar-refractivity contribution in [1.29, 1.82) is 0 Å². The first-order valence-electron chi connectivity index (χ1n) is 5.41. The lowest BCUT2D eigenvalue weighted by Gasteiger charge is -2.10. The van der Waals surface area contributed by atoms with Crippen LogP contribution in [0.1, 0.15) is 48.2 Å². The van der Waals surface area contributed by atoms with Crippen LogP contribution < -0.4 is 0 Å². The summed E-state index contributed by atoms with van der Waals surface area (Å²) in [7, 11) is 0. The van der Waals surface area contributed by atoms with Gasteiger partial charge in [-0.2, -0.15) is 0 Å². The molecule has 0 spiro atoms. The highest BCUT2D eigenvalue weighted by Crippen LogP contribution is 2.43. The van der Waals surface area contributed by atoms with Crippen molar-refractivity contribution in [3.63, 3.8) is 0 Å². The van der Waals surface area contributed by atoms with Crippen molar-refractivity contribution in [1.82, 2.24) is 0 Å². The number of cyclic esters (lactones) is 1. The first-order chi connectivity index (χ1) is 7.65. The summed E-state index contributed by atoms with van der Waals surface area (Å²) in [5.41, 5.74) is 0.541. The van der Waals surface area contributed by atoms with E-state index >= 15 is 0 Å². The first-order valence-corrected chi connectivity index (χ1v) is 5.41. The first kappa shape index (κ1) is 10.8. The molecule has 0 saturated heterocycles. The van der Waals surface area contributed by atoms with Gasteiger partial charge in [0, 0.05) is 0 Å². The molecule has 1 aromatic rings. The fourth-order valence-corrected chi connectivity index (χ4v) is 1.98. The van der Waals surface area contributed by atoms with E-state index in [4.69, 9.17) is 4.74 Å². The van der Waals surface area contributed by atoms with E-state index in [1.807, 2.05) is 6.92 Å². The molecule has 0 bridgehead atoms. The number of fused-ring (bicyclic) bond motifs is 1. The average molecular weight is 222 g/mol. The predicted octanol–water partition coefficient (Wildman–Crippen LogP) is 2.50. The van der Waals surface area contributed by atoms with Gasteiger partial charge in [0.1, 0.15) is 23.2 Å². The zero-order chi connectivity index (χ0) is 11.7. The van der Waals surface area contributed by atoms with Gasteiger partial charge in [0.15, 0.2) is 0 Å². The third kappa shape index (κ3) is 1.60. The Labute approximate surface area is 93.5 Å². The highest BCUT2D eigenvalue weighted by atomic mass is 16.5. The Balaban J connectivity index is 2.40. The van der Waals surface area contributed by atoms with Crippen LogP contribution >= 0.6 is 0 Å². The Morgan fingerprint density at radius 2 is 2.00 bits per heavy atom. The lowest BCUT2D eigenvalue weighted by molar-refractivity contribution is 0.0360. The van der Waals surface area contributed by atoms with E-state index in [0.29, 0.717) is 12.0 Å². The number of esters is 1. The van der Waals surface area contributed by atoms with E-state index in [-0.39, 0.29) is 17.1 Å². The summed E-state index contributed by atoms with van der Waals surface area (Å²) in [5, 5.41) is 19.3. The Kier molecular flexibility index (Phi) is 2.73. The van der Waals surface area contributed by atoms with E-state index in [2.05, 4.69) is 0 Å². The van der Waals surface area contributed by atoms with Gasteiger partial charge in [-0.3, -0.25) is 0 Å². The van der Waals surface area contributed by atoms with E-state index in [1.54, 1.807) is 0 Å². The number of aromatic hydroxyl groups is 2. The number of carbonyl (C=O) groups is 1. The summed E-state index contributed by atoms with van der Waals surface area (Å²) in [5.74, 6) is -0.666. The minimum absolute atomic E-state index is 0.0137. The maximum Gasteiger partial charge on any atom is 0.343 e. The number of ether oxygens (including phenoxy) is 1. The molecular formula is C12H14O4. The smallest absolute Gasteiger partial charge is 0.343 e. The van der Waals surface area contributed by atoms with Crippen LogP contribution in [-0.2, 0) is 4.74 Å². The van der Waals surface area contributed by atoms with Gasteiger partial charge < -0.3 is 14.9 Å². The highest BCUT2D eigenvalue weighted by molar-refractivity contribution is 5.97. The number of phenolic OH excluding ortho intramolecular Hbond substituents is 2. The molecule has 0 saturated carbocycles. The molecule has 86 valence electrons. The second-order valence-corrected chi connectivity index (χ2v) is 3.93. The van der Waals surface area contributed by atoms with Crippen molar-refractivity contribution in [2.75, 3.05) is 0 Å². The van der Waals surface area contributed by atoms with Crippen LogP contribution in [0.5, 0.6) is 11.5 Å². The van der Waals surface area contributed by atoms with Crippen molar-refractivity contribution in [3.05, 3.63) is 23.3 Å². The van der Waals surface area contributed by atoms with Crippen LogP contribution in [-0.4, -0.2) is 16.2 Å². The monoisotopic (exact) mass is 222 g/mol. The van der Waals surface area contributed by atoms with Crippen LogP contribution in [0.2, 0.25) is 0 Å². The Morgan fingerprint density at radius 1 is 1.31 bits per heavy atom. The molecule has 4 nitrogen and oxygen atoms in total. The minimum Gasteiger partial charge on any atom is -0.507 e. The molecule has 0 unspecified atom stereocenters. The summed E-state index contributed by atoms with van der Waals surface area (Å²) in [6, 6.07) is 2.69. The largest absolute Gasteiger partial charge is 0.507 e. The zero-order valence-corrected chi connectivity index (χ0v) is 9.06. The van der Waals surface area contributed by atoms with Gasteiger partial charge in [0.2, 0.25) is 0 Å². The topological polar surface area (TPSA) is 66.8 Å². The normalized spacial score (nSPS) is 18.3. The molecule has 1 aliphatic heterocycles. The standard InChI is InChI=1S/C12H14O4/c1-2-3-4-9-10-7(13)5-6-8(14)11(10)12(15)16-9/h5-6,9,13-14H,2-4H2,1H3/t9-/m0/s1. The second-order valence-electron chi connectivity index (χ2n) is 3.93. The molecule has 1 aromatic carbocycles. The van der Waals surface area contributed by atoms with E-state index < -0.39 is 12.1 Å². The summed E-state index contributed by atoms with van der Waals surface area (Å²) >= 11 is 0. The van der Waals surface area contributed by atoms with E-state index in [0.717, 1.165) is 12.8 Å². The second kappa shape index (κ2) is 4.04. The highest BCUT2D eigenvalue weighted by Gasteiger charge is 2.35. The van der Waals surface area contributed by atoms with E-state index in [9.17, 15) is 15.0 Å². The van der Waals surface area contributed by atoms with Gasteiger partial charge >= 0.3 is 5.97 Å². The minimum atomic E-state index is -0.551. The molecule has 0 fully saturated rings. The fourth-order valence-electron chi connectivity index (χ4n) is 1.98. The maximum atomic E-state index is 11.5. The van der Waals surface area contributed by atoms with Gasteiger partial charge in [-0.25, -0.2) is 4.79 Å². The lowest BCUT2D eigenvalue weighted by atomic mass is 9.99. The summed E-state index contributed by atoms with van der Waals surface area (Å²) in [4.78, 5) is 11.5. The number of carbonyl (C=O) groups excluding carboxylic acids is 1. The molecule has 1 heterocycles. The Morgan fingerprint density at radius 3 is 2.69 bits per heavy atom. The third-order valence-electron chi connectivity index (χ3n) is 2.80. The summed E-state index contributed by atoms with van der Waals surface area (Å²) < 4.78 is 5.14. The summed E-state index contributed by atoms with van der Waals surface area (Å²) in [6.07, 6.45) is 2.15. The number of hydrogen-bond donors (Lipinski definition) is 2. The average Bonchev–Trinajstić information content (AvgIpc) is 2.59. The molecule has 0 aromatic heterocycles. The van der Waals surface area contributed by atoms with Crippen LogP contribution in [0.15, 0.2) is 12.1 Å². The zero-order valence-electron chi connectivity index (χ0n) is 9.06. The SMILES string of the molecule is CCCC[C@@H]1OC(=O)c2c(O)ccc(O)c21. The number of unbranched alkanes of at least 4 members (excludes halogenated alkanes) is 1. The van der Waals surface area contributed by atoms with Crippen LogP contribution in [0.4, 0.5) is 0 Å². The van der Waals surface area contributed by atoms with Crippen molar-refractivity contribution >= 4 is 5.97 Å². The van der Waals surface area contributed by atoms with Crippen LogP contribution in [0.25, 0.3) is 0 Å². The maximum absolute atomic E-state index is 11.5. The molecule has 1 atom stereocenters. The molecule has 0 aliphatic carbocycles. The van der Waals surface area contributed by atoms with Gasteiger partial charge in [0.25, 0.3) is 0 Å². The number of benzene rings is 1. The molecule has 16 heavy (non-hydrogen) atoms. The molecule has 1 aliphatic rings. The fraction of sp³-hybridized carbons (Fsp3) is 0.417. The molecule has 4 heteroatoms. The lowest BCUT2D eigenvalue weighted by Crippen LogP contribution is -1.98. The van der Waals surface area contributed by atoms with Crippen molar-refractivity contribution in [2.24, 2.45) is 0 Å². The molecule has 2 rings (SSSR count). The molecular weight excluding hydrogens is 208 g/mol. The predicted molar refractivity (Wildman–Crippen MR) is 57.5 cm³/mol. The third-order valence-corrected chi connectivity index (χ3v) is 2.80. The van der Waals surface area contributed by atoms with Crippen molar-refractivity contribution < 1.29 is 19.7 Å². The quantitative estimate of drug-likeness (QED) is 0.609. The summed E-state index contributed by atoms with van der Waals surface area (Å²) in [6.45, 7) is 2.04. The Hall–Kier alpha value is -1.71. The van der Waals surface area contributed by atoms with Gasteiger partial charge in [-0.15, -0.1) is 0 Å². The van der Waals surface area contributed by atoms with Crippen molar-refractivity contribution in [3.8, 4) is 11.5 Å². The number of hydrogen-bond acceptors (Lipinski definition) is 4. The number of rotatable bonds is 3. The number of phenols is 2.